The fourth-order valence-corrected chi connectivity index (χ4v) is 1.99. The number of aromatic nitrogens is 2. The summed E-state index contributed by atoms with van der Waals surface area (Å²) in [7, 11) is 0. The summed E-state index contributed by atoms with van der Waals surface area (Å²) in [6.45, 7) is 0. The first-order valence-electron chi connectivity index (χ1n) is 5.42. The summed E-state index contributed by atoms with van der Waals surface area (Å²) in [5.74, 6) is 0.995. The molecule has 0 atom stereocenters. The molecule has 0 aromatic carbocycles. The van der Waals surface area contributed by atoms with E-state index in [-0.39, 0.29) is 0 Å². The first-order valence-corrected chi connectivity index (χ1v) is 5.95. The van der Waals surface area contributed by atoms with Gasteiger partial charge in [-0.1, -0.05) is 6.42 Å². The van der Waals surface area contributed by atoms with Gasteiger partial charge in [0.2, 0.25) is 5.88 Å². The van der Waals surface area contributed by atoms with Crippen molar-refractivity contribution in [1.29, 1.82) is 0 Å². The first-order chi connectivity index (χ1) is 7.38. The summed E-state index contributed by atoms with van der Waals surface area (Å²) in [5.41, 5.74) is 0.768. The molecule has 0 N–H and O–H groups in total. The van der Waals surface area contributed by atoms with Crippen molar-refractivity contribution in [2.75, 3.05) is 0 Å². The smallest absolute Gasteiger partial charge is 0.232 e. The van der Waals surface area contributed by atoms with Gasteiger partial charge in [-0.15, -0.1) is 11.6 Å². The molecule has 0 bridgehead atoms. The maximum atomic E-state index is 5.77. The predicted molar refractivity (Wildman–Crippen MR) is 59.1 cm³/mol. The van der Waals surface area contributed by atoms with Gasteiger partial charge in [-0.3, -0.25) is 4.98 Å². The Morgan fingerprint density at radius 1 is 1.27 bits per heavy atom. The summed E-state index contributed by atoms with van der Waals surface area (Å²) in [4.78, 5) is 8.32. The van der Waals surface area contributed by atoms with E-state index in [0.29, 0.717) is 17.9 Å². The number of nitrogens with zero attached hydrogens (tertiary/aromatic N) is 2. The van der Waals surface area contributed by atoms with Crippen molar-refractivity contribution in [3.8, 4) is 5.88 Å². The molecule has 3 nitrogen and oxygen atoms in total. The van der Waals surface area contributed by atoms with Crippen LogP contribution in [0.15, 0.2) is 12.4 Å². The van der Waals surface area contributed by atoms with Crippen LogP contribution in [0, 0.1) is 0 Å². The second kappa shape index (κ2) is 5.31. The lowest BCUT2D eigenvalue weighted by molar-refractivity contribution is 0.148. The zero-order valence-corrected chi connectivity index (χ0v) is 9.41. The minimum atomic E-state index is 0.318. The average molecular weight is 227 g/mol. The van der Waals surface area contributed by atoms with E-state index in [1.54, 1.807) is 12.4 Å². The predicted octanol–water partition coefficient (Wildman–Crippen LogP) is 2.93. The number of halogens is 1. The minimum Gasteiger partial charge on any atom is -0.473 e. The lowest BCUT2D eigenvalue weighted by Gasteiger charge is -2.22. The maximum absolute atomic E-state index is 5.77. The van der Waals surface area contributed by atoms with Gasteiger partial charge in [0, 0.05) is 6.20 Å². The molecule has 4 heteroatoms. The third kappa shape index (κ3) is 3.06. The van der Waals surface area contributed by atoms with Crippen molar-refractivity contribution in [3.63, 3.8) is 0 Å². The summed E-state index contributed by atoms with van der Waals surface area (Å²) >= 11 is 5.68. The van der Waals surface area contributed by atoms with Crippen LogP contribution >= 0.6 is 11.6 Å². The Morgan fingerprint density at radius 2 is 2.07 bits per heavy atom. The Balaban J connectivity index is 1.96. The molecule has 1 aliphatic rings. The average Bonchev–Trinajstić information content (AvgIpc) is 2.31. The minimum absolute atomic E-state index is 0.318. The SMILES string of the molecule is ClCc1cncc(OC2CCCCC2)n1. The number of hydrogen-bond donors (Lipinski definition) is 0. The molecule has 15 heavy (non-hydrogen) atoms. The van der Waals surface area contributed by atoms with Crippen LogP contribution < -0.4 is 4.74 Å². The van der Waals surface area contributed by atoms with Crippen LogP contribution in [0.4, 0.5) is 0 Å². The molecule has 1 aromatic rings. The van der Waals surface area contributed by atoms with Crippen LogP contribution in [0.5, 0.6) is 5.88 Å². The van der Waals surface area contributed by atoms with Crippen molar-refractivity contribution >= 4 is 11.6 Å². The maximum Gasteiger partial charge on any atom is 0.232 e. The Morgan fingerprint density at radius 3 is 2.80 bits per heavy atom. The number of ether oxygens (including phenoxy) is 1. The van der Waals surface area contributed by atoms with E-state index in [4.69, 9.17) is 16.3 Å². The molecular weight excluding hydrogens is 212 g/mol. The monoisotopic (exact) mass is 226 g/mol. The summed E-state index contributed by atoms with van der Waals surface area (Å²) < 4.78 is 5.77. The fourth-order valence-electron chi connectivity index (χ4n) is 1.86. The summed E-state index contributed by atoms with van der Waals surface area (Å²) in [6, 6.07) is 0. The van der Waals surface area contributed by atoms with Crippen molar-refractivity contribution in [2.24, 2.45) is 0 Å². The van der Waals surface area contributed by atoms with Gasteiger partial charge in [0.05, 0.1) is 17.8 Å². The fraction of sp³-hybridized carbons (Fsp3) is 0.636. The largest absolute Gasteiger partial charge is 0.473 e. The highest BCUT2D eigenvalue weighted by Gasteiger charge is 2.15. The van der Waals surface area contributed by atoms with Crippen molar-refractivity contribution < 1.29 is 4.74 Å². The molecule has 0 spiro atoms. The van der Waals surface area contributed by atoms with E-state index >= 15 is 0 Å². The molecular formula is C11H15ClN2O. The van der Waals surface area contributed by atoms with Crippen LogP contribution in [0.25, 0.3) is 0 Å². The van der Waals surface area contributed by atoms with Crippen molar-refractivity contribution in [2.45, 2.75) is 44.1 Å². The van der Waals surface area contributed by atoms with E-state index in [9.17, 15) is 0 Å². The van der Waals surface area contributed by atoms with Crippen LogP contribution in [-0.4, -0.2) is 16.1 Å². The van der Waals surface area contributed by atoms with Crippen LogP contribution in [0.2, 0.25) is 0 Å². The molecule has 1 heterocycles. The standard InChI is InChI=1S/C11H15ClN2O/c12-6-9-7-13-8-11(14-9)15-10-4-2-1-3-5-10/h7-8,10H,1-6H2. The quantitative estimate of drug-likeness (QED) is 0.744. The third-order valence-corrected chi connectivity index (χ3v) is 2.91. The molecule has 1 aromatic heterocycles. The molecule has 0 radical (unpaired) electrons. The van der Waals surface area contributed by atoms with Gasteiger partial charge in [0.15, 0.2) is 0 Å². The number of rotatable bonds is 3. The summed E-state index contributed by atoms with van der Waals surface area (Å²) in [6.07, 6.45) is 9.75. The molecule has 1 fully saturated rings. The van der Waals surface area contributed by atoms with Gasteiger partial charge in [0.1, 0.15) is 6.10 Å². The van der Waals surface area contributed by atoms with Crippen LogP contribution in [-0.2, 0) is 5.88 Å². The number of alkyl halides is 1. The van der Waals surface area contributed by atoms with E-state index in [0.717, 1.165) is 18.5 Å². The van der Waals surface area contributed by atoms with Crippen LogP contribution in [0.3, 0.4) is 0 Å². The van der Waals surface area contributed by atoms with Gasteiger partial charge >= 0.3 is 0 Å². The van der Waals surface area contributed by atoms with E-state index < -0.39 is 0 Å². The summed E-state index contributed by atoms with van der Waals surface area (Å²) in [5, 5.41) is 0. The lowest BCUT2D eigenvalue weighted by Crippen LogP contribution is -2.20. The van der Waals surface area contributed by atoms with Gasteiger partial charge < -0.3 is 4.74 Å². The van der Waals surface area contributed by atoms with Gasteiger partial charge in [-0.05, 0) is 25.7 Å². The van der Waals surface area contributed by atoms with Crippen molar-refractivity contribution in [1.82, 2.24) is 9.97 Å². The molecule has 1 aliphatic carbocycles. The Hall–Kier alpha value is -0.830. The van der Waals surface area contributed by atoms with E-state index in [2.05, 4.69) is 9.97 Å². The second-order valence-corrected chi connectivity index (χ2v) is 4.13. The zero-order chi connectivity index (χ0) is 10.5. The molecule has 0 amide bonds. The Kier molecular flexibility index (Phi) is 3.78. The molecule has 0 unspecified atom stereocenters. The highest BCUT2D eigenvalue weighted by molar-refractivity contribution is 6.16. The zero-order valence-electron chi connectivity index (χ0n) is 8.66. The third-order valence-electron chi connectivity index (χ3n) is 2.64. The van der Waals surface area contributed by atoms with Gasteiger partial charge in [0.25, 0.3) is 0 Å². The van der Waals surface area contributed by atoms with E-state index in [1.165, 1.54) is 19.3 Å². The lowest BCUT2D eigenvalue weighted by atomic mass is 9.98. The topological polar surface area (TPSA) is 35.0 Å². The second-order valence-electron chi connectivity index (χ2n) is 3.86. The highest BCUT2D eigenvalue weighted by atomic mass is 35.5. The molecule has 0 saturated heterocycles. The van der Waals surface area contributed by atoms with E-state index in [1.807, 2.05) is 0 Å². The first kappa shape index (κ1) is 10.7. The molecule has 1 saturated carbocycles. The van der Waals surface area contributed by atoms with Gasteiger partial charge in [-0.25, -0.2) is 4.98 Å². The van der Waals surface area contributed by atoms with Crippen molar-refractivity contribution in [3.05, 3.63) is 18.1 Å². The van der Waals surface area contributed by atoms with Gasteiger partial charge in [-0.2, -0.15) is 0 Å². The molecule has 2 rings (SSSR count). The Bertz CT molecular complexity index is 313. The number of hydrogen-bond acceptors (Lipinski definition) is 3. The van der Waals surface area contributed by atoms with Crippen LogP contribution in [0.1, 0.15) is 37.8 Å². The normalized spacial score (nSPS) is 17.7. The molecule has 0 aliphatic heterocycles. The molecule has 82 valence electrons. The highest BCUT2D eigenvalue weighted by Crippen LogP contribution is 2.21. The Labute approximate surface area is 94.8 Å².